The summed E-state index contributed by atoms with van der Waals surface area (Å²) in [7, 11) is 0. The summed E-state index contributed by atoms with van der Waals surface area (Å²) in [5.74, 6) is 0.272. The van der Waals surface area contributed by atoms with Gasteiger partial charge in [0.15, 0.2) is 0 Å². The zero-order valence-corrected chi connectivity index (χ0v) is 8.73. The second-order valence-electron chi connectivity index (χ2n) is 3.87. The first-order valence-corrected chi connectivity index (χ1v) is 5.18. The van der Waals surface area contributed by atoms with E-state index < -0.39 is 0 Å². The Hall–Kier alpha value is -1.42. The summed E-state index contributed by atoms with van der Waals surface area (Å²) in [6.45, 7) is 3.57. The Morgan fingerprint density at radius 1 is 1.67 bits per heavy atom. The van der Waals surface area contributed by atoms with Gasteiger partial charge in [-0.05, 0) is 18.6 Å². The van der Waals surface area contributed by atoms with E-state index in [1.807, 2.05) is 19.1 Å². The molecule has 1 atom stereocenters. The number of nitrogens with zero attached hydrogens (tertiary/aromatic N) is 1. The predicted octanol–water partition coefficient (Wildman–Crippen LogP) is 0.478. The van der Waals surface area contributed by atoms with Crippen molar-refractivity contribution in [2.24, 2.45) is 5.92 Å². The van der Waals surface area contributed by atoms with Crippen LogP contribution in [0.15, 0.2) is 24.5 Å². The van der Waals surface area contributed by atoms with E-state index in [4.69, 9.17) is 0 Å². The normalized spacial score (nSPS) is 17.9. The average Bonchev–Trinajstić information content (AvgIpc) is 2.16. The first-order valence-electron chi connectivity index (χ1n) is 5.18. The molecule has 0 aliphatic carbocycles. The summed E-state index contributed by atoms with van der Waals surface area (Å²) in [6, 6.07) is 3.88. The van der Waals surface area contributed by atoms with E-state index in [1.165, 1.54) is 0 Å². The topological polar surface area (TPSA) is 54.0 Å². The lowest BCUT2D eigenvalue weighted by molar-refractivity contribution is -0.127. The lowest BCUT2D eigenvalue weighted by Gasteiger charge is -2.27. The monoisotopic (exact) mass is 205 g/mol. The van der Waals surface area contributed by atoms with Crippen LogP contribution < -0.4 is 10.6 Å². The van der Waals surface area contributed by atoms with Crippen LogP contribution in [0.2, 0.25) is 0 Å². The quantitative estimate of drug-likeness (QED) is 0.754. The summed E-state index contributed by atoms with van der Waals surface area (Å²) < 4.78 is 0. The van der Waals surface area contributed by atoms with E-state index in [1.54, 1.807) is 12.4 Å². The van der Waals surface area contributed by atoms with Crippen molar-refractivity contribution in [3.05, 3.63) is 30.1 Å². The van der Waals surface area contributed by atoms with E-state index in [0.29, 0.717) is 0 Å². The number of nitrogens with one attached hydrogen (secondary N) is 2. The van der Waals surface area contributed by atoms with E-state index >= 15 is 0 Å². The fraction of sp³-hybridized carbons (Fsp3) is 0.455. The first-order chi connectivity index (χ1) is 7.27. The molecule has 2 rings (SSSR count). The third-order valence-electron chi connectivity index (χ3n) is 2.70. The molecule has 2 heterocycles. The number of aromatic nitrogens is 1. The largest absolute Gasteiger partial charge is 0.349 e. The Balaban J connectivity index is 1.91. The van der Waals surface area contributed by atoms with Crippen LogP contribution in [0, 0.1) is 5.92 Å². The highest BCUT2D eigenvalue weighted by Gasteiger charge is 2.25. The van der Waals surface area contributed by atoms with Gasteiger partial charge in [-0.15, -0.1) is 0 Å². The van der Waals surface area contributed by atoms with E-state index in [9.17, 15) is 4.79 Å². The molecule has 0 saturated carbocycles. The Labute approximate surface area is 89.1 Å². The molecule has 1 unspecified atom stereocenters. The summed E-state index contributed by atoms with van der Waals surface area (Å²) in [5.41, 5.74) is 1.04. The molecular weight excluding hydrogens is 190 g/mol. The van der Waals surface area contributed by atoms with Crippen molar-refractivity contribution in [3.8, 4) is 0 Å². The van der Waals surface area contributed by atoms with Gasteiger partial charge in [-0.3, -0.25) is 9.78 Å². The molecule has 4 nitrogen and oxygen atoms in total. The van der Waals surface area contributed by atoms with Gasteiger partial charge in [0, 0.05) is 25.5 Å². The minimum absolute atomic E-state index is 0.0341. The van der Waals surface area contributed by atoms with Gasteiger partial charge in [-0.2, -0.15) is 0 Å². The zero-order valence-electron chi connectivity index (χ0n) is 8.73. The standard InChI is InChI=1S/C11H15N3O/c1-8(9-3-2-4-12-5-9)14-11(15)10-6-13-7-10/h2-5,8,10,13H,6-7H2,1H3,(H,14,15). The Morgan fingerprint density at radius 3 is 3.00 bits per heavy atom. The highest BCUT2D eigenvalue weighted by molar-refractivity contribution is 5.80. The Bertz CT molecular complexity index is 335. The summed E-state index contributed by atoms with van der Waals surface area (Å²) >= 11 is 0. The molecular formula is C11H15N3O. The highest BCUT2D eigenvalue weighted by atomic mass is 16.2. The van der Waals surface area contributed by atoms with Crippen LogP contribution in [-0.2, 0) is 4.79 Å². The molecule has 4 heteroatoms. The second kappa shape index (κ2) is 4.40. The third kappa shape index (κ3) is 2.33. The lowest BCUT2D eigenvalue weighted by Crippen LogP contribution is -2.51. The number of rotatable bonds is 3. The molecule has 15 heavy (non-hydrogen) atoms. The highest BCUT2D eigenvalue weighted by Crippen LogP contribution is 2.12. The minimum atomic E-state index is 0.0341. The molecule has 1 aromatic heterocycles. The van der Waals surface area contributed by atoms with Gasteiger partial charge >= 0.3 is 0 Å². The van der Waals surface area contributed by atoms with Crippen LogP contribution in [0.5, 0.6) is 0 Å². The molecule has 1 fully saturated rings. The lowest BCUT2D eigenvalue weighted by atomic mass is 10.0. The number of hydrogen-bond acceptors (Lipinski definition) is 3. The van der Waals surface area contributed by atoms with Crippen molar-refractivity contribution in [1.29, 1.82) is 0 Å². The van der Waals surface area contributed by atoms with Crippen LogP contribution in [0.4, 0.5) is 0 Å². The molecule has 0 spiro atoms. The molecule has 1 aliphatic heterocycles. The van der Waals surface area contributed by atoms with Crippen molar-refractivity contribution in [1.82, 2.24) is 15.6 Å². The fourth-order valence-electron chi connectivity index (χ4n) is 1.52. The zero-order chi connectivity index (χ0) is 10.7. The van der Waals surface area contributed by atoms with Gasteiger partial charge in [-0.1, -0.05) is 6.07 Å². The molecule has 0 bridgehead atoms. The molecule has 0 radical (unpaired) electrons. The number of carbonyl (C=O) groups is 1. The predicted molar refractivity (Wildman–Crippen MR) is 57.2 cm³/mol. The molecule has 1 aromatic rings. The van der Waals surface area contributed by atoms with Crippen LogP contribution in [0.25, 0.3) is 0 Å². The summed E-state index contributed by atoms with van der Waals surface area (Å²) in [4.78, 5) is 15.7. The van der Waals surface area contributed by atoms with Gasteiger partial charge in [0.25, 0.3) is 0 Å². The average molecular weight is 205 g/mol. The van der Waals surface area contributed by atoms with E-state index in [0.717, 1.165) is 18.7 Å². The molecule has 0 aromatic carbocycles. The number of hydrogen-bond donors (Lipinski definition) is 2. The minimum Gasteiger partial charge on any atom is -0.349 e. The van der Waals surface area contributed by atoms with Crippen LogP contribution in [-0.4, -0.2) is 24.0 Å². The second-order valence-corrected chi connectivity index (χ2v) is 3.87. The van der Waals surface area contributed by atoms with E-state index in [2.05, 4.69) is 15.6 Å². The molecule has 1 saturated heterocycles. The Morgan fingerprint density at radius 2 is 2.47 bits per heavy atom. The van der Waals surface area contributed by atoms with Gasteiger partial charge in [0.05, 0.1) is 12.0 Å². The van der Waals surface area contributed by atoms with Crippen LogP contribution >= 0.6 is 0 Å². The van der Waals surface area contributed by atoms with Crippen molar-refractivity contribution >= 4 is 5.91 Å². The van der Waals surface area contributed by atoms with Gasteiger partial charge in [0.2, 0.25) is 5.91 Å². The van der Waals surface area contributed by atoms with Crippen molar-refractivity contribution < 1.29 is 4.79 Å². The smallest absolute Gasteiger partial charge is 0.226 e. The SMILES string of the molecule is CC(NC(=O)C1CNC1)c1cccnc1. The first kappa shape index (κ1) is 10.1. The van der Waals surface area contributed by atoms with E-state index in [-0.39, 0.29) is 17.9 Å². The summed E-state index contributed by atoms with van der Waals surface area (Å²) in [6.07, 6.45) is 3.51. The van der Waals surface area contributed by atoms with Crippen molar-refractivity contribution in [3.63, 3.8) is 0 Å². The van der Waals surface area contributed by atoms with Gasteiger partial charge in [-0.25, -0.2) is 0 Å². The third-order valence-corrected chi connectivity index (χ3v) is 2.70. The Kier molecular flexibility index (Phi) is 2.97. The summed E-state index contributed by atoms with van der Waals surface area (Å²) in [5, 5.41) is 6.06. The van der Waals surface area contributed by atoms with Crippen molar-refractivity contribution in [2.75, 3.05) is 13.1 Å². The number of pyridine rings is 1. The van der Waals surface area contributed by atoms with Crippen molar-refractivity contribution in [2.45, 2.75) is 13.0 Å². The fourth-order valence-corrected chi connectivity index (χ4v) is 1.52. The van der Waals surface area contributed by atoms with Crippen LogP contribution in [0.3, 0.4) is 0 Å². The maximum Gasteiger partial charge on any atom is 0.226 e. The maximum absolute atomic E-state index is 11.6. The number of amides is 1. The maximum atomic E-state index is 11.6. The molecule has 80 valence electrons. The molecule has 2 N–H and O–H groups in total. The molecule has 1 aliphatic rings. The van der Waals surface area contributed by atoms with Gasteiger partial charge in [0.1, 0.15) is 0 Å². The molecule has 1 amide bonds. The van der Waals surface area contributed by atoms with Crippen LogP contribution in [0.1, 0.15) is 18.5 Å². The number of carbonyl (C=O) groups excluding carboxylic acids is 1. The van der Waals surface area contributed by atoms with Gasteiger partial charge < -0.3 is 10.6 Å².